The van der Waals surface area contributed by atoms with E-state index in [0.717, 1.165) is 19.3 Å². The fourth-order valence-electron chi connectivity index (χ4n) is 2.45. The largest absolute Gasteiger partial charge is 0.392 e. The molecule has 2 N–H and O–H groups in total. The number of rotatable bonds is 6. The minimum absolute atomic E-state index is 0.0435. The molecule has 1 aromatic carbocycles. The molecule has 0 heterocycles. The Balaban J connectivity index is 2.07. The average molecular weight is 298 g/mol. The van der Waals surface area contributed by atoms with Gasteiger partial charge in [-0.2, -0.15) is 0 Å². The maximum Gasteiger partial charge on any atom is 0.240 e. The van der Waals surface area contributed by atoms with E-state index >= 15 is 0 Å². The number of nitrogens with one attached hydrogen (secondary N) is 1. The van der Waals surface area contributed by atoms with Crippen molar-refractivity contribution in [3.8, 4) is 0 Å². The molecule has 1 fully saturated rings. The van der Waals surface area contributed by atoms with Crippen LogP contribution in [-0.4, -0.2) is 44.6 Å². The summed E-state index contributed by atoms with van der Waals surface area (Å²) in [6.45, 7) is 0.349. The lowest BCUT2D eigenvalue weighted by atomic mass is 9.76. The molecule has 0 atom stereocenters. The van der Waals surface area contributed by atoms with E-state index in [-0.39, 0.29) is 17.0 Å². The van der Waals surface area contributed by atoms with Crippen molar-refractivity contribution < 1.29 is 13.5 Å². The monoisotopic (exact) mass is 298 g/mol. The fraction of sp³-hybridized carbons (Fsp3) is 0.571. The first-order valence-electron chi connectivity index (χ1n) is 6.76. The highest BCUT2D eigenvalue weighted by Gasteiger charge is 2.39. The lowest BCUT2D eigenvalue weighted by molar-refractivity contribution is 0.0657. The molecule has 0 aliphatic heterocycles. The highest BCUT2D eigenvalue weighted by molar-refractivity contribution is 7.89. The van der Waals surface area contributed by atoms with Gasteiger partial charge in [-0.15, -0.1) is 0 Å². The Hall–Kier alpha value is -0.950. The molecule has 2 rings (SSSR count). The van der Waals surface area contributed by atoms with Crippen molar-refractivity contribution >= 4 is 10.0 Å². The topological polar surface area (TPSA) is 69.6 Å². The lowest BCUT2D eigenvalue weighted by Gasteiger charge is -2.47. The van der Waals surface area contributed by atoms with Gasteiger partial charge in [0.15, 0.2) is 0 Å². The number of nitrogens with zero attached hydrogens (tertiary/aromatic N) is 1. The van der Waals surface area contributed by atoms with E-state index in [0.29, 0.717) is 12.1 Å². The molecule has 1 aromatic rings. The maximum atomic E-state index is 12.2. The van der Waals surface area contributed by atoms with Crippen LogP contribution in [0.15, 0.2) is 29.2 Å². The van der Waals surface area contributed by atoms with Gasteiger partial charge in [-0.05, 0) is 51.1 Å². The van der Waals surface area contributed by atoms with E-state index in [1.54, 1.807) is 12.1 Å². The Bertz CT molecular complexity index is 548. The number of benzene rings is 1. The molecule has 5 nitrogen and oxygen atoms in total. The minimum atomic E-state index is -3.49. The molecule has 0 amide bonds. The van der Waals surface area contributed by atoms with E-state index in [2.05, 4.69) is 9.62 Å². The molecular weight excluding hydrogens is 276 g/mol. The Morgan fingerprint density at radius 3 is 2.25 bits per heavy atom. The summed E-state index contributed by atoms with van der Waals surface area (Å²) in [6.07, 6.45) is 3.18. The third-order valence-corrected chi connectivity index (χ3v) is 5.66. The van der Waals surface area contributed by atoms with Gasteiger partial charge in [0.05, 0.1) is 11.5 Å². The second-order valence-corrected chi connectivity index (χ2v) is 7.37. The van der Waals surface area contributed by atoms with E-state index in [1.165, 1.54) is 12.1 Å². The SMILES string of the molecule is CN(C)C1(CNS(=O)(=O)c2ccc(CO)cc2)CCC1. The van der Waals surface area contributed by atoms with Crippen LogP contribution >= 0.6 is 0 Å². The minimum Gasteiger partial charge on any atom is -0.392 e. The lowest BCUT2D eigenvalue weighted by Crippen LogP contribution is -2.57. The summed E-state index contributed by atoms with van der Waals surface area (Å²) in [5, 5.41) is 8.97. The molecular formula is C14H22N2O3S. The van der Waals surface area contributed by atoms with Gasteiger partial charge in [0.2, 0.25) is 10.0 Å². The summed E-state index contributed by atoms with van der Waals surface area (Å²) in [5.74, 6) is 0. The second-order valence-electron chi connectivity index (χ2n) is 5.60. The normalized spacial score (nSPS) is 18.0. The Morgan fingerprint density at radius 1 is 1.25 bits per heavy atom. The highest BCUT2D eigenvalue weighted by Crippen LogP contribution is 2.35. The van der Waals surface area contributed by atoms with Crippen LogP contribution in [0.5, 0.6) is 0 Å². The molecule has 1 aliphatic carbocycles. The van der Waals surface area contributed by atoms with Crippen molar-refractivity contribution in [3.63, 3.8) is 0 Å². The maximum absolute atomic E-state index is 12.2. The third kappa shape index (κ3) is 3.03. The first kappa shape index (κ1) is 15.4. The molecule has 0 saturated heterocycles. The van der Waals surface area contributed by atoms with Crippen LogP contribution in [0.1, 0.15) is 24.8 Å². The summed E-state index contributed by atoms with van der Waals surface area (Å²) in [5.41, 5.74) is 0.658. The van der Waals surface area contributed by atoms with E-state index in [4.69, 9.17) is 5.11 Å². The molecule has 0 aromatic heterocycles. The quantitative estimate of drug-likeness (QED) is 0.820. The third-order valence-electron chi connectivity index (χ3n) is 4.24. The predicted octanol–water partition coefficient (Wildman–Crippen LogP) is 0.942. The van der Waals surface area contributed by atoms with E-state index < -0.39 is 10.0 Å². The van der Waals surface area contributed by atoms with Gasteiger partial charge >= 0.3 is 0 Å². The number of aliphatic hydroxyl groups is 1. The van der Waals surface area contributed by atoms with Crippen LogP contribution in [0.4, 0.5) is 0 Å². The van der Waals surface area contributed by atoms with Gasteiger partial charge in [-0.25, -0.2) is 13.1 Å². The van der Waals surface area contributed by atoms with Crippen molar-refractivity contribution in [3.05, 3.63) is 29.8 Å². The highest BCUT2D eigenvalue weighted by atomic mass is 32.2. The zero-order chi connectivity index (χ0) is 14.8. The zero-order valence-corrected chi connectivity index (χ0v) is 12.8. The van der Waals surface area contributed by atoms with Crippen molar-refractivity contribution in [2.45, 2.75) is 36.3 Å². The van der Waals surface area contributed by atoms with Crippen LogP contribution < -0.4 is 4.72 Å². The summed E-state index contributed by atoms with van der Waals surface area (Å²) in [7, 11) is 0.493. The standard InChI is InChI=1S/C14H22N2O3S/c1-16(2)14(8-3-9-14)11-15-20(18,19)13-6-4-12(10-17)5-7-13/h4-7,15,17H,3,8-11H2,1-2H3. The van der Waals surface area contributed by atoms with Crippen molar-refractivity contribution in [2.24, 2.45) is 0 Å². The van der Waals surface area contributed by atoms with Gasteiger partial charge in [0, 0.05) is 12.1 Å². The van der Waals surface area contributed by atoms with Gasteiger partial charge in [-0.3, -0.25) is 0 Å². The Kier molecular flexibility index (Phi) is 4.49. The molecule has 20 heavy (non-hydrogen) atoms. The second kappa shape index (κ2) is 5.81. The smallest absolute Gasteiger partial charge is 0.240 e. The summed E-state index contributed by atoms with van der Waals surface area (Å²) in [6, 6.07) is 6.30. The molecule has 112 valence electrons. The van der Waals surface area contributed by atoms with E-state index in [9.17, 15) is 8.42 Å². The van der Waals surface area contributed by atoms with Gasteiger partial charge in [0.1, 0.15) is 0 Å². The first-order valence-corrected chi connectivity index (χ1v) is 8.25. The first-order chi connectivity index (χ1) is 9.39. The number of sulfonamides is 1. The average Bonchev–Trinajstić information content (AvgIpc) is 2.37. The molecule has 6 heteroatoms. The summed E-state index contributed by atoms with van der Waals surface area (Å²) >= 11 is 0. The molecule has 0 spiro atoms. The fourth-order valence-corrected chi connectivity index (χ4v) is 3.57. The van der Waals surface area contributed by atoms with Crippen LogP contribution in [0.2, 0.25) is 0 Å². The van der Waals surface area contributed by atoms with Crippen LogP contribution in [-0.2, 0) is 16.6 Å². The molecule has 0 radical (unpaired) electrons. The Morgan fingerprint density at radius 2 is 1.85 bits per heavy atom. The van der Waals surface area contributed by atoms with Crippen LogP contribution in [0.3, 0.4) is 0 Å². The number of likely N-dealkylation sites (N-methyl/N-ethyl adjacent to an activating group) is 1. The van der Waals surface area contributed by atoms with Crippen LogP contribution in [0, 0.1) is 0 Å². The van der Waals surface area contributed by atoms with Crippen molar-refractivity contribution in [1.29, 1.82) is 0 Å². The predicted molar refractivity (Wildman–Crippen MR) is 77.8 cm³/mol. The number of aliphatic hydroxyl groups excluding tert-OH is 1. The number of hydrogen-bond donors (Lipinski definition) is 2. The molecule has 0 unspecified atom stereocenters. The van der Waals surface area contributed by atoms with Gasteiger partial charge < -0.3 is 10.0 Å². The molecule has 1 aliphatic rings. The number of hydrogen-bond acceptors (Lipinski definition) is 4. The van der Waals surface area contributed by atoms with Crippen LogP contribution in [0.25, 0.3) is 0 Å². The Labute approximate surface area is 120 Å². The van der Waals surface area contributed by atoms with E-state index in [1.807, 2.05) is 14.1 Å². The summed E-state index contributed by atoms with van der Waals surface area (Å²) < 4.78 is 27.2. The zero-order valence-electron chi connectivity index (χ0n) is 12.0. The van der Waals surface area contributed by atoms with Crippen molar-refractivity contribution in [2.75, 3.05) is 20.6 Å². The van der Waals surface area contributed by atoms with Gasteiger partial charge in [-0.1, -0.05) is 12.1 Å². The molecule has 1 saturated carbocycles. The molecule has 0 bridgehead atoms. The van der Waals surface area contributed by atoms with Crippen molar-refractivity contribution in [1.82, 2.24) is 9.62 Å². The van der Waals surface area contributed by atoms with Gasteiger partial charge in [0.25, 0.3) is 0 Å². The summed E-state index contributed by atoms with van der Waals surface area (Å²) in [4.78, 5) is 2.34.